The first-order chi connectivity index (χ1) is 13.0. The minimum Gasteiger partial charge on any atom is -0.497 e. The van der Waals surface area contributed by atoms with Crippen molar-refractivity contribution < 1.29 is 27.2 Å². The van der Waals surface area contributed by atoms with Crippen LogP contribution in [-0.4, -0.2) is 69.5 Å². The number of nitrogens with zero attached hydrogens (tertiary/aromatic N) is 2. The van der Waals surface area contributed by atoms with Crippen LogP contribution in [0.15, 0.2) is 34.9 Å². The number of carbonyl (C=O) groups is 1. The standard InChI is InChI=1S/C17H21N3O6S/c1-24-14-4-2-3-13(11-14)16-12-15(19-26-16)17(21)18-5-10-27(22,23)20-6-8-25-9-7-20/h2-4,11-12H,5-10H2,1H3,(H,18,21). The van der Waals surface area contributed by atoms with Crippen LogP contribution in [0.3, 0.4) is 0 Å². The number of hydrogen-bond donors (Lipinski definition) is 1. The van der Waals surface area contributed by atoms with Crippen molar-refractivity contribution in [1.82, 2.24) is 14.8 Å². The molecule has 1 aliphatic rings. The molecule has 0 unspecified atom stereocenters. The molecule has 1 fully saturated rings. The molecular weight excluding hydrogens is 374 g/mol. The SMILES string of the molecule is COc1cccc(-c2cc(C(=O)NCCS(=O)(=O)N3CCOCC3)no2)c1. The molecule has 1 aromatic carbocycles. The lowest BCUT2D eigenvalue weighted by Gasteiger charge is -2.25. The fraction of sp³-hybridized carbons (Fsp3) is 0.412. The second-order valence-corrected chi connectivity index (χ2v) is 7.98. The molecule has 1 aliphatic heterocycles. The number of nitrogens with one attached hydrogen (secondary N) is 1. The maximum absolute atomic E-state index is 12.2. The lowest BCUT2D eigenvalue weighted by Crippen LogP contribution is -2.43. The number of benzene rings is 1. The van der Waals surface area contributed by atoms with E-state index in [0.717, 1.165) is 5.56 Å². The summed E-state index contributed by atoms with van der Waals surface area (Å²) in [7, 11) is -1.87. The maximum Gasteiger partial charge on any atom is 0.273 e. The summed E-state index contributed by atoms with van der Waals surface area (Å²) in [6.45, 7) is 1.43. The largest absolute Gasteiger partial charge is 0.497 e. The van der Waals surface area contributed by atoms with Crippen molar-refractivity contribution in [3.63, 3.8) is 0 Å². The first-order valence-corrected chi connectivity index (χ1v) is 10.1. The molecule has 1 N–H and O–H groups in total. The van der Waals surface area contributed by atoms with E-state index >= 15 is 0 Å². The van der Waals surface area contributed by atoms with Gasteiger partial charge in [0, 0.05) is 31.3 Å². The Balaban J connectivity index is 1.56. The van der Waals surface area contributed by atoms with Crippen LogP contribution in [0.25, 0.3) is 11.3 Å². The summed E-state index contributed by atoms with van der Waals surface area (Å²) < 4.78 is 41.3. The zero-order chi connectivity index (χ0) is 19.3. The number of sulfonamides is 1. The number of morpholine rings is 1. The van der Waals surface area contributed by atoms with Crippen LogP contribution in [-0.2, 0) is 14.8 Å². The molecule has 0 aliphatic carbocycles. The van der Waals surface area contributed by atoms with Gasteiger partial charge in [0.15, 0.2) is 11.5 Å². The number of rotatable bonds is 7. The Morgan fingerprint density at radius 3 is 2.81 bits per heavy atom. The lowest BCUT2D eigenvalue weighted by molar-refractivity contribution is 0.0730. The van der Waals surface area contributed by atoms with E-state index in [-0.39, 0.29) is 18.0 Å². The van der Waals surface area contributed by atoms with E-state index in [1.54, 1.807) is 31.4 Å². The number of methoxy groups -OCH3 is 1. The van der Waals surface area contributed by atoms with E-state index in [1.165, 1.54) is 10.4 Å². The zero-order valence-electron chi connectivity index (χ0n) is 14.9. The fourth-order valence-electron chi connectivity index (χ4n) is 2.63. The Morgan fingerprint density at radius 1 is 1.30 bits per heavy atom. The topological polar surface area (TPSA) is 111 Å². The minimum atomic E-state index is -3.43. The second-order valence-electron chi connectivity index (χ2n) is 5.89. The van der Waals surface area contributed by atoms with Crippen LogP contribution in [0.5, 0.6) is 5.75 Å². The van der Waals surface area contributed by atoms with Crippen molar-refractivity contribution in [3.05, 3.63) is 36.0 Å². The van der Waals surface area contributed by atoms with Gasteiger partial charge in [0.1, 0.15) is 5.75 Å². The van der Waals surface area contributed by atoms with Gasteiger partial charge in [-0.25, -0.2) is 8.42 Å². The maximum atomic E-state index is 12.2. The first-order valence-electron chi connectivity index (χ1n) is 8.44. The Morgan fingerprint density at radius 2 is 2.07 bits per heavy atom. The summed E-state index contributed by atoms with van der Waals surface area (Å²) in [5.74, 6) is 0.396. The van der Waals surface area contributed by atoms with Gasteiger partial charge in [-0.3, -0.25) is 4.79 Å². The third-order valence-electron chi connectivity index (χ3n) is 4.11. The van der Waals surface area contributed by atoms with Crippen molar-refractivity contribution in [2.45, 2.75) is 0 Å². The summed E-state index contributed by atoms with van der Waals surface area (Å²) in [6.07, 6.45) is 0. The Kier molecular flexibility index (Phi) is 6.09. The molecule has 27 heavy (non-hydrogen) atoms. The van der Waals surface area contributed by atoms with Gasteiger partial charge < -0.3 is 19.3 Å². The van der Waals surface area contributed by atoms with Gasteiger partial charge >= 0.3 is 0 Å². The molecule has 0 saturated carbocycles. The van der Waals surface area contributed by atoms with Crippen molar-refractivity contribution in [2.75, 3.05) is 45.7 Å². The molecule has 2 aromatic rings. The van der Waals surface area contributed by atoms with Crippen molar-refractivity contribution in [3.8, 4) is 17.1 Å². The Hall–Kier alpha value is -2.43. The third kappa shape index (κ3) is 4.85. The monoisotopic (exact) mass is 395 g/mol. The average Bonchev–Trinajstić information content (AvgIpc) is 3.19. The van der Waals surface area contributed by atoms with Crippen LogP contribution in [0.4, 0.5) is 0 Å². The first kappa shape index (κ1) is 19.3. The van der Waals surface area contributed by atoms with Gasteiger partial charge in [0.2, 0.25) is 10.0 Å². The molecule has 0 radical (unpaired) electrons. The average molecular weight is 395 g/mol. The number of hydrogen-bond acceptors (Lipinski definition) is 7. The molecule has 1 saturated heterocycles. The fourth-order valence-corrected chi connectivity index (χ4v) is 3.96. The highest BCUT2D eigenvalue weighted by atomic mass is 32.2. The van der Waals surface area contributed by atoms with Crippen LogP contribution < -0.4 is 10.1 Å². The lowest BCUT2D eigenvalue weighted by atomic mass is 10.1. The van der Waals surface area contributed by atoms with E-state index in [0.29, 0.717) is 37.8 Å². The van der Waals surface area contributed by atoms with Crippen LogP contribution in [0.2, 0.25) is 0 Å². The van der Waals surface area contributed by atoms with Crippen molar-refractivity contribution in [2.24, 2.45) is 0 Å². The molecule has 9 nitrogen and oxygen atoms in total. The Labute approximate surface area is 157 Å². The van der Waals surface area contributed by atoms with Gasteiger partial charge in [0.25, 0.3) is 5.91 Å². The van der Waals surface area contributed by atoms with E-state index < -0.39 is 15.9 Å². The van der Waals surface area contributed by atoms with E-state index in [9.17, 15) is 13.2 Å². The quantitative estimate of drug-likeness (QED) is 0.736. The minimum absolute atomic E-state index is 0.0140. The van der Waals surface area contributed by atoms with E-state index in [2.05, 4.69) is 10.5 Å². The highest BCUT2D eigenvalue weighted by Crippen LogP contribution is 2.24. The number of aromatic nitrogens is 1. The van der Waals surface area contributed by atoms with Crippen LogP contribution >= 0.6 is 0 Å². The predicted molar refractivity (Wildman–Crippen MR) is 97.0 cm³/mol. The van der Waals surface area contributed by atoms with Gasteiger partial charge in [-0.1, -0.05) is 17.3 Å². The van der Waals surface area contributed by atoms with Gasteiger partial charge in [-0.05, 0) is 12.1 Å². The van der Waals surface area contributed by atoms with Crippen LogP contribution in [0.1, 0.15) is 10.5 Å². The highest BCUT2D eigenvalue weighted by Gasteiger charge is 2.24. The van der Waals surface area contributed by atoms with Crippen molar-refractivity contribution >= 4 is 15.9 Å². The molecule has 0 bridgehead atoms. The number of carbonyl (C=O) groups excluding carboxylic acids is 1. The summed E-state index contributed by atoms with van der Waals surface area (Å²) in [4.78, 5) is 12.2. The van der Waals surface area contributed by atoms with Gasteiger partial charge in [-0.2, -0.15) is 4.31 Å². The molecule has 1 aromatic heterocycles. The Bertz CT molecular complexity index is 890. The van der Waals surface area contributed by atoms with Gasteiger partial charge in [-0.15, -0.1) is 0 Å². The molecule has 2 heterocycles. The molecule has 0 spiro atoms. The van der Waals surface area contributed by atoms with Gasteiger partial charge in [0.05, 0.1) is 26.1 Å². The second kappa shape index (κ2) is 8.51. The molecule has 1 amide bonds. The molecule has 146 valence electrons. The van der Waals surface area contributed by atoms with E-state index in [1.807, 2.05) is 0 Å². The molecule has 3 rings (SSSR count). The predicted octanol–water partition coefficient (Wildman–Crippen LogP) is 0.742. The smallest absolute Gasteiger partial charge is 0.273 e. The summed E-state index contributed by atoms with van der Waals surface area (Å²) >= 11 is 0. The van der Waals surface area contributed by atoms with E-state index in [4.69, 9.17) is 14.0 Å². The van der Waals surface area contributed by atoms with Crippen LogP contribution in [0, 0.1) is 0 Å². The molecule has 10 heteroatoms. The number of amides is 1. The summed E-state index contributed by atoms with van der Waals surface area (Å²) in [6, 6.07) is 8.66. The normalized spacial score (nSPS) is 15.4. The third-order valence-corrected chi connectivity index (χ3v) is 5.98. The molecular formula is C17H21N3O6S. The summed E-state index contributed by atoms with van der Waals surface area (Å²) in [5, 5.41) is 6.31. The number of ether oxygens (including phenoxy) is 2. The van der Waals surface area contributed by atoms with Crippen molar-refractivity contribution in [1.29, 1.82) is 0 Å². The zero-order valence-corrected chi connectivity index (χ0v) is 15.7. The molecule has 0 atom stereocenters. The highest BCUT2D eigenvalue weighted by molar-refractivity contribution is 7.89. The summed E-state index contributed by atoms with van der Waals surface area (Å²) in [5.41, 5.74) is 0.799.